The number of ether oxygens (including phenoxy) is 1. The lowest BCUT2D eigenvalue weighted by atomic mass is 10.1. The van der Waals surface area contributed by atoms with Crippen LogP contribution in [0.25, 0.3) is 0 Å². The molecule has 1 heterocycles. The van der Waals surface area contributed by atoms with Crippen molar-refractivity contribution in [2.75, 3.05) is 38.2 Å². The number of amides is 1. The van der Waals surface area contributed by atoms with Crippen molar-refractivity contribution in [1.29, 1.82) is 0 Å². The standard InChI is InChI=1S/C14H20N2O2/c1-11-4-5-13(14(10-11)18-3)16-8-6-15(7-9-16)12(2)17/h4-5,10H,6-9H2,1-3H3. The molecule has 0 N–H and O–H groups in total. The number of benzene rings is 1. The third kappa shape index (κ3) is 2.58. The molecule has 4 nitrogen and oxygen atoms in total. The van der Waals surface area contributed by atoms with E-state index in [2.05, 4.69) is 24.0 Å². The molecule has 1 amide bonds. The zero-order valence-corrected chi connectivity index (χ0v) is 11.3. The maximum atomic E-state index is 11.3. The van der Waals surface area contributed by atoms with Gasteiger partial charge in [-0.25, -0.2) is 0 Å². The van der Waals surface area contributed by atoms with Crippen LogP contribution in [0.5, 0.6) is 5.75 Å². The minimum Gasteiger partial charge on any atom is -0.495 e. The molecule has 1 saturated heterocycles. The van der Waals surface area contributed by atoms with Crippen molar-refractivity contribution >= 4 is 11.6 Å². The van der Waals surface area contributed by atoms with Crippen molar-refractivity contribution in [2.24, 2.45) is 0 Å². The van der Waals surface area contributed by atoms with Crippen LogP contribution in [0, 0.1) is 6.92 Å². The molecule has 98 valence electrons. The number of hydrogen-bond acceptors (Lipinski definition) is 3. The summed E-state index contributed by atoms with van der Waals surface area (Å²) < 4.78 is 5.43. The van der Waals surface area contributed by atoms with Gasteiger partial charge in [0.25, 0.3) is 0 Å². The quantitative estimate of drug-likeness (QED) is 0.798. The van der Waals surface area contributed by atoms with E-state index in [4.69, 9.17) is 4.74 Å². The predicted molar refractivity (Wildman–Crippen MR) is 72.2 cm³/mol. The van der Waals surface area contributed by atoms with Gasteiger partial charge in [0.1, 0.15) is 5.75 Å². The fourth-order valence-electron chi connectivity index (χ4n) is 2.31. The molecule has 0 radical (unpaired) electrons. The molecule has 18 heavy (non-hydrogen) atoms. The number of carbonyl (C=O) groups excluding carboxylic acids is 1. The van der Waals surface area contributed by atoms with Gasteiger partial charge in [-0.15, -0.1) is 0 Å². The lowest BCUT2D eigenvalue weighted by molar-refractivity contribution is -0.129. The minimum atomic E-state index is 0.158. The molecule has 4 heteroatoms. The molecule has 1 aromatic carbocycles. The number of carbonyl (C=O) groups is 1. The van der Waals surface area contributed by atoms with Gasteiger partial charge in [0.15, 0.2) is 0 Å². The van der Waals surface area contributed by atoms with Crippen molar-refractivity contribution in [2.45, 2.75) is 13.8 Å². The Kier molecular flexibility index (Phi) is 3.75. The van der Waals surface area contributed by atoms with Crippen LogP contribution in [0.15, 0.2) is 18.2 Å². The summed E-state index contributed by atoms with van der Waals surface area (Å²) in [7, 11) is 1.70. The lowest BCUT2D eigenvalue weighted by Crippen LogP contribution is -2.48. The Bertz CT molecular complexity index is 437. The molecule has 0 bridgehead atoms. The molecule has 0 aromatic heterocycles. The van der Waals surface area contributed by atoms with E-state index in [-0.39, 0.29) is 5.91 Å². The van der Waals surface area contributed by atoms with Crippen LogP contribution in [0.3, 0.4) is 0 Å². The zero-order chi connectivity index (χ0) is 13.1. The van der Waals surface area contributed by atoms with Crippen LogP contribution in [-0.4, -0.2) is 44.1 Å². The summed E-state index contributed by atoms with van der Waals surface area (Å²) >= 11 is 0. The van der Waals surface area contributed by atoms with E-state index in [9.17, 15) is 4.79 Å². The van der Waals surface area contributed by atoms with Crippen molar-refractivity contribution < 1.29 is 9.53 Å². The van der Waals surface area contributed by atoms with E-state index < -0.39 is 0 Å². The molecular weight excluding hydrogens is 228 g/mol. The maximum absolute atomic E-state index is 11.3. The van der Waals surface area contributed by atoms with Crippen LogP contribution in [-0.2, 0) is 4.79 Å². The number of methoxy groups -OCH3 is 1. The summed E-state index contributed by atoms with van der Waals surface area (Å²) in [4.78, 5) is 15.5. The Morgan fingerprint density at radius 1 is 1.22 bits per heavy atom. The van der Waals surface area contributed by atoms with E-state index in [0.29, 0.717) is 0 Å². The fraction of sp³-hybridized carbons (Fsp3) is 0.500. The smallest absolute Gasteiger partial charge is 0.219 e. The van der Waals surface area contributed by atoms with Gasteiger partial charge in [-0.05, 0) is 24.6 Å². The minimum absolute atomic E-state index is 0.158. The second-order valence-electron chi connectivity index (χ2n) is 4.67. The van der Waals surface area contributed by atoms with E-state index in [0.717, 1.165) is 37.6 Å². The van der Waals surface area contributed by atoms with Crippen LogP contribution in [0.4, 0.5) is 5.69 Å². The fourth-order valence-corrected chi connectivity index (χ4v) is 2.31. The maximum Gasteiger partial charge on any atom is 0.219 e. The molecule has 2 rings (SSSR count). The third-order valence-electron chi connectivity index (χ3n) is 3.40. The number of hydrogen-bond donors (Lipinski definition) is 0. The van der Waals surface area contributed by atoms with E-state index >= 15 is 0 Å². The number of aryl methyl sites for hydroxylation is 1. The number of piperazine rings is 1. The summed E-state index contributed by atoms with van der Waals surface area (Å²) in [6.07, 6.45) is 0. The van der Waals surface area contributed by atoms with Gasteiger partial charge in [0.05, 0.1) is 12.8 Å². The van der Waals surface area contributed by atoms with Crippen LogP contribution < -0.4 is 9.64 Å². The predicted octanol–water partition coefficient (Wildman–Crippen LogP) is 1.67. The first-order valence-corrected chi connectivity index (χ1v) is 6.27. The van der Waals surface area contributed by atoms with Crippen molar-refractivity contribution in [1.82, 2.24) is 4.90 Å². The molecular formula is C14H20N2O2. The van der Waals surface area contributed by atoms with E-state index in [1.807, 2.05) is 11.0 Å². The average molecular weight is 248 g/mol. The molecule has 0 aliphatic carbocycles. The Morgan fingerprint density at radius 3 is 2.44 bits per heavy atom. The van der Waals surface area contributed by atoms with Crippen molar-refractivity contribution in [3.05, 3.63) is 23.8 Å². The Morgan fingerprint density at radius 2 is 1.89 bits per heavy atom. The Balaban J connectivity index is 2.12. The highest BCUT2D eigenvalue weighted by molar-refractivity contribution is 5.73. The van der Waals surface area contributed by atoms with Crippen LogP contribution in [0.1, 0.15) is 12.5 Å². The number of anilines is 1. The van der Waals surface area contributed by atoms with Crippen molar-refractivity contribution in [3.63, 3.8) is 0 Å². The first kappa shape index (κ1) is 12.7. The van der Waals surface area contributed by atoms with E-state index in [1.54, 1.807) is 14.0 Å². The molecule has 1 fully saturated rings. The number of rotatable bonds is 2. The molecule has 1 aromatic rings. The van der Waals surface area contributed by atoms with Gasteiger partial charge >= 0.3 is 0 Å². The summed E-state index contributed by atoms with van der Waals surface area (Å²) in [6, 6.07) is 6.24. The molecule has 1 aliphatic rings. The lowest BCUT2D eigenvalue weighted by Gasteiger charge is -2.36. The average Bonchev–Trinajstić information content (AvgIpc) is 2.38. The van der Waals surface area contributed by atoms with Crippen LogP contribution >= 0.6 is 0 Å². The first-order valence-electron chi connectivity index (χ1n) is 6.27. The van der Waals surface area contributed by atoms with Gasteiger partial charge in [0.2, 0.25) is 5.91 Å². The second-order valence-corrected chi connectivity index (χ2v) is 4.67. The monoisotopic (exact) mass is 248 g/mol. The molecule has 0 spiro atoms. The molecule has 1 aliphatic heterocycles. The highest BCUT2D eigenvalue weighted by atomic mass is 16.5. The first-order chi connectivity index (χ1) is 8.61. The molecule has 0 saturated carbocycles. The summed E-state index contributed by atoms with van der Waals surface area (Å²) in [5.41, 5.74) is 2.31. The third-order valence-corrected chi connectivity index (χ3v) is 3.40. The van der Waals surface area contributed by atoms with Gasteiger partial charge in [0, 0.05) is 33.1 Å². The normalized spacial score (nSPS) is 15.7. The number of nitrogens with zero attached hydrogens (tertiary/aromatic N) is 2. The van der Waals surface area contributed by atoms with Gasteiger partial charge < -0.3 is 14.5 Å². The Hall–Kier alpha value is -1.71. The second kappa shape index (κ2) is 5.29. The van der Waals surface area contributed by atoms with Crippen LogP contribution in [0.2, 0.25) is 0 Å². The zero-order valence-electron chi connectivity index (χ0n) is 11.3. The summed E-state index contributed by atoms with van der Waals surface area (Å²) in [5.74, 6) is 1.07. The van der Waals surface area contributed by atoms with Gasteiger partial charge in [-0.1, -0.05) is 6.07 Å². The molecule has 0 atom stereocenters. The molecule has 0 unspecified atom stereocenters. The van der Waals surface area contributed by atoms with E-state index in [1.165, 1.54) is 5.56 Å². The topological polar surface area (TPSA) is 32.8 Å². The summed E-state index contributed by atoms with van der Waals surface area (Å²) in [6.45, 7) is 6.97. The van der Waals surface area contributed by atoms with Gasteiger partial charge in [-0.2, -0.15) is 0 Å². The highest BCUT2D eigenvalue weighted by Gasteiger charge is 2.20. The van der Waals surface area contributed by atoms with Gasteiger partial charge in [-0.3, -0.25) is 4.79 Å². The highest BCUT2D eigenvalue weighted by Crippen LogP contribution is 2.29. The summed E-state index contributed by atoms with van der Waals surface area (Å²) in [5, 5.41) is 0. The SMILES string of the molecule is COc1cc(C)ccc1N1CCN(C(C)=O)CC1. The Labute approximate surface area is 108 Å². The van der Waals surface area contributed by atoms with Crippen molar-refractivity contribution in [3.8, 4) is 5.75 Å². The largest absolute Gasteiger partial charge is 0.495 e.